The summed E-state index contributed by atoms with van der Waals surface area (Å²) in [6, 6.07) is 6.18. The Hall–Kier alpha value is -2.08. The molecule has 1 aromatic carbocycles. The van der Waals surface area contributed by atoms with E-state index in [0.717, 1.165) is 19.3 Å². The topological polar surface area (TPSA) is 78.9 Å². The Morgan fingerprint density at radius 2 is 2.00 bits per heavy atom. The number of aliphatic hydroxyl groups is 1. The van der Waals surface area contributed by atoms with Crippen molar-refractivity contribution in [3.05, 3.63) is 29.8 Å². The van der Waals surface area contributed by atoms with Crippen LogP contribution < -0.4 is 10.1 Å². The lowest BCUT2D eigenvalue weighted by Gasteiger charge is -2.33. The van der Waals surface area contributed by atoms with E-state index in [4.69, 9.17) is 4.74 Å². The molecule has 0 aromatic heterocycles. The van der Waals surface area contributed by atoms with Crippen molar-refractivity contribution in [1.29, 1.82) is 0 Å². The third kappa shape index (κ3) is 4.80. The highest BCUT2D eigenvalue weighted by atomic mass is 16.5. The van der Waals surface area contributed by atoms with E-state index in [9.17, 15) is 14.7 Å². The second kappa shape index (κ2) is 9.74. The molecule has 1 fully saturated rings. The molecule has 2 amide bonds. The van der Waals surface area contributed by atoms with Crippen molar-refractivity contribution in [3.8, 4) is 5.75 Å². The number of carbonyl (C=O) groups excluding carboxylic acids is 2. The number of rotatable bonds is 8. The molecule has 0 spiro atoms. The van der Waals surface area contributed by atoms with Gasteiger partial charge in [0.05, 0.1) is 24.8 Å². The van der Waals surface area contributed by atoms with Gasteiger partial charge < -0.3 is 20.1 Å². The van der Waals surface area contributed by atoms with Crippen molar-refractivity contribution in [2.45, 2.75) is 64.6 Å². The van der Waals surface area contributed by atoms with Crippen molar-refractivity contribution in [1.82, 2.24) is 10.2 Å². The average Bonchev–Trinajstić information content (AvgIpc) is 3.19. The molecule has 4 atom stereocenters. The van der Waals surface area contributed by atoms with Gasteiger partial charge in [-0.05, 0) is 37.3 Å². The normalized spacial score (nSPS) is 20.0. The molecule has 1 unspecified atom stereocenters. The van der Waals surface area contributed by atoms with Crippen LogP contribution in [-0.4, -0.2) is 53.7 Å². The highest BCUT2D eigenvalue weighted by Crippen LogP contribution is 2.25. The molecular formula is C21H32N2O4. The molecule has 0 radical (unpaired) electrons. The number of amides is 2. The molecule has 0 saturated carbocycles. The van der Waals surface area contributed by atoms with Gasteiger partial charge >= 0.3 is 0 Å². The second-order valence-electron chi connectivity index (χ2n) is 7.25. The minimum Gasteiger partial charge on any atom is -0.496 e. The number of likely N-dealkylation sites (tertiary alicyclic amines) is 1. The molecule has 1 saturated heterocycles. The van der Waals surface area contributed by atoms with Crippen molar-refractivity contribution in [3.63, 3.8) is 0 Å². The molecule has 2 N–H and O–H groups in total. The minimum atomic E-state index is -0.628. The Balaban J connectivity index is 2.22. The van der Waals surface area contributed by atoms with E-state index in [2.05, 4.69) is 5.32 Å². The maximum atomic E-state index is 13.3. The average molecular weight is 376 g/mol. The second-order valence-corrected chi connectivity index (χ2v) is 7.25. The van der Waals surface area contributed by atoms with E-state index >= 15 is 0 Å². The predicted molar refractivity (Wildman–Crippen MR) is 105 cm³/mol. The van der Waals surface area contributed by atoms with Gasteiger partial charge in [-0.3, -0.25) is 9.59 Å². The lowest BCUT2D eigenvalue weighted by molar-refractivity contribution is -0.137. The van der Waals surface area contributed by atoms with Crippen molar-refractivity contribution in [2.75, 3.05) is 13.7 Å². The number of nitrogens with zero attached hydrogens (tertiary/aromatic N) is 1. The third-order valence-electron chi connectivity index (χ3n) is 5.56. The number of ether oxygens (including phenoxy) is 1. The number of carbonyl (C=O) groups is 2. The number of para-hydroxylation sites is 1. The third-order valence-corrected chi connectivity index (χ3v) is 5.56. The molecule has 0 bridgehead atoms. The first-order valence-electron chi connectivity index (χ1n) is 9.86. The van der Waals surface area contributed by atoms with Gasteiger partial charge in [0.1, 0.15) is 11.8 Å². The molecule has 6 nitrogen and oxygen atoms in total. The fourth-order valence-electron chi connectivity index (χ4n) is 3.65. The molecular weight excluding hydrogens is 344 g/mol. The molecule has 1 aromatic rings. The van der Waals surface area contributed by atoms with E-state index in [1.54, 1.807) is 29.2 Å². The van der Waals surface area contributed by atoms with Crippen LogP contribution in [-0.2, 0) is 4.79 Å². The maximum Gasteiger partial charge on any atom is 0.255 e. The first-order chi connectivity index (χ1) is 12.9. The summed E-state index contributed by atoms with van der Waals surface area (Å²) in [7, 11) is 1.52. The molecule has 0 aliphatic carbocycles. The first-order valence-corrected chi connectivity index (χ1v) is 9.86. The van der Waals surface area contributed by atoms with Crippen LogP contribution in [0.2, 0.25) is 0 Å². The van der Waals surface area contributed by atoms with Gasteiger partial charge in [0.15, 0.2) is 0 Å². The zero-order chi connectivity index (χ0) is 20.0. The zero-order valence-corrected chi connectivity index (χ0v) is 16.8. The Bertz CT molecular complexity index is 649. The van der Waals surface area contributed by atoms with Crippen LogP contribution in [0, 0.1) is 5.92 Å². The maximum absolute atomic E-state index is 13.3. The van der Waals surface area contributed by atoms with Crippen LogP contribution >= 0.6 is 0 Å². The molecule has 27 heavy (non-hydrogen) atoms. The standard InChI is InChI=1S/C21H32N2O4/c1-5-14(3)19(21(26)23-13-9-11-16(23)17(24)6-2)22-20(25)15-10-7-8-12-18(15)27-4/h7-8,10,12,14,16-17,19,24H,5-6,9,11,13H2,1-4H3,(H,22,25)/t14?,16-,17+,19-/m0/s1. The van der Waals surface area contributed by atoms with Crippen molar-refractivity contribution >= 4 is 11.8 Å². The smallest absolute Gasteiger partial charge is 0.255 e. The number of benzene rings is 1. The quantitative estimate of drug-likeness (QED) is 0.731. The van der Waals surface area contributed by atoms with Gasteiger partial charge in [-0.25, -0.2) is 0 Å². The molecule has 150 valence electrons. The Morgan fingerprint density at radius 3 is 2.63 bits per heavy atom. The Morgan fingerprint density at radius 1 is 1.30 bits per heavy atom. The van der Waals surface area contributed by atoms with Crippen LogP contribution in [0.15, 0.2) is 24.3 Å². The van der Waals surface area contributed by atoms with E-state index in [1.165, 1.54) is 7.11 Å². The Kier molecular flexibility index (Phi) is 7.66. The fourth-order valence-corrected chi connectivity index (χ4v) is 3.65. The van der Waals surface area contributed by atoms with Crippen LogP contribution in [0.5, 0.6) is 5.75 Å². The summed E-state index contributed by atoms with van der Waals surface area (Å²) in [5, 5.41) is 13.2. The van der Waals surface area contributed by atoms with E-state index in [1.807, 2.05) is 20.8 Å². The summed E-state index contributed by atoms with van der Waals surface area (Å²) < 4.78 is 5.27. The van der Waals surface area contributed by atoms with Gasteiger partial charge in [-0.15, -0.1) is 0 Å². The van der Waals surface area contributed by atoms with E-state index in [0.29, 0.717) is 24.3 Å². The zero-order valence-electron chi connectivity index (χ0n) is 16.8. The summed E-state index contributed by atoms with van der Waals surface area (Å²) in [4.78, 5) is 27.9. The van der Waals surface area contributed by atoms with Crippen molar-refractivity contribution in [2.24, 2.45) is 5.92 Å². The molecule has 6 heteroatoms. The van der Waals surface area contributed by atoms with Gasteiger partial charge in [0.25, 0.3) is 5.91 Å². The van der Waals surface area contributed by atoms with Gasteiger partial charge in [-0.1, -0.05) is 39.3 Å². The number of aliphatic hydroxyl groups excluding tert-OH is 1. The molecule has 2 rings (SSSR count). The lowest BCUT2D eigenvalue weighted by Crippen LogP contribution is -2.54. The van der Waals surface area contributed by atoms with Crippen LogP contribution in [0.4, 0.5) is 0 Å². The van der Waals surface area contributed by atoms with Gasteiger partial charge in [-0.2, -0.15) is 0 Å². The van der Waals surface area contributed by atoms with Gasteiger partial charge in [0.2, 0.25) is 5.91 Å². The van der Waals surface area contributed by atoms with Crippen LogP contribution in [0.25, 0.3) is 0 Å². The minimum absolute atomic E-state index is 0.0174. The lowest BCUT2D eigenvalue weighted by atomic mass is 9.96. The summed E-state index contributed by atoms with van der Waals surface area (Å²) in [5.41, 5.74) is 0.410. The van der Waals surface area contributed by atoms with Crippen LogP contribution in [0.1, 0.15) is 56.8 Å². The monoisotopic (exact) mass is 376 g/mol. The SMILES string of the molecule is CCC(C)[C@H](NC(=O)c1ccccc1OC)C(=O)N1CCC[C@H]1[C@H](O)CC. The highest BCUT2D eigenvalue weighted by Gasteiger charge is 2.38. The number of hydrogen-bond acceptors (Lipinski definition) is 4. The number of hydrogen-bond donors (Lipinski definition) is 2. The fraction of sp³-hybridized carbons (Fsp3) is 0.619. The molecule has 1 heterocycles. The summed E-state index contributed by atoms with van der Waals surface area (Å²) >= 11 is 0. The molecule has 1 aliphatic heterocycles. The molecule has 1 aliphatic rings. The summed E-state index contributed by atoms with van der Waals surface area (Å²) in [6.45, 7) is 6.51. The highest BCUT2D eigenvalue weighted by molar-refractivity contribution is 5.99. The largest absolute Gasteiger partial charge is 0.496 e. The van der Waals surface area contributed by atoms with Gasteiger partial charge in [0, 0.05) is 6.54 Å². The summed E-state index contributed by atoms with van der Waals surface area (Å²) in [6.07, 6.45) is 2.52. The predicted octanol–water partition coefficient (Wildman–Crippen LogP) is 2.60. The Labute approximate surface area is 161 Å². The van der Waals surface area contributed by atoms with E-state index < -0.39 is 12.1 Å². The van der Waals surface area contributed by atoms with E-state index in [-0.39, 0.29) is 23.8 Å². The summed E-state index contributed by atoms with van der Waals surface area (Å²) in [5.74, 6) is 0.0301. The first kappa shape index (κ1) is 21.2. The number of nitrogens with one attached hydrogen (secondary N) is 1. The van der Waals surface area contributed by atoms with Crippen molar-refractivity contribution < 1.29 is 19.4 Å². The number of methoxy groups -OCH3 is 1. The van der Waals surface area contributed by atoms with Crippen LogP contribution in [0.3, 0.4) is 0 Å².